The number of nitrogens with two attached hydrogens (primary N) is 1. The number of nitrogens with zero attached hydrogens (tertiary/aromatic N) is 2. The standard InChI is InChI=1S/C64H96N4O18/c1-40-18-16-14-12-10-8-6-7-9-11-13-15-17-19-52(84-63-60(80)58(65)59(79)42(3)83-63)37-55-57(62(81)68-28-26-67(5)27-29-68)54(77)39-64(82,86-55)38-51(75)34-49(73)32-47(71)30-46(70)31-48(72)33-50(74)36-56(78)85-61(40)41(2)20-25-45(69)35-53(76)43-21-23-44(66-4)24-22-43/h6-19,21-24,40-42,45-47,49-52,54-55,57-61,63,66,69-71,73-75,77,79-80,82H,20,25-39,65H2,1-5H3/t40?,41?,42-,45?,46?,47?,49?,50?,51?,52?,54?,55?,57?,58+,59-,60+,61?,63+,64?/m1/s1. The van der Waals surface area contributed by atoms with E-state index in [9.17, 15) is 70.2 Å². The first-order valence-corrected chi connectivity index (χ1v) is 30.1. The molecule has 22 heteroatoms. The number of ether oxygens (including phenoxy) is 4. The van der Waals surface area contributed by atoms with Crippen LogP contribution < -0.4 is 11.1 Å². The summed E-state index contributed by atoms with van der Waals surface area (Å²) in [5.41, 5.74) is 7.47. The van der Waals surface area contributed by atoms with Gasteiger partial charge in [-0.1, -0.05) is 98.9 Å². The van der Waals surface area contributed by atoms with Crippen molar-refractivity contribution < 1.29 is 89.2 Å². The molecule has 19 atom stereocenters. The normalized spacial score (nSPS) is 35.0. The van der Waals surface area contributed by atoms with E-state index >= 15 is 0 Å². The van der Waals surface area contributed by atoms with Crippen LogP contribution >= 0.6 is 0 Å². The minimum absolute atomic E-state index is 0.101. The molecule has 0 aliphatic carbocycles. The molecule has 4 aliphatic rings. The number of aliphatic hydroxyl groups is 10. The number of amides is 1. The van der Waals surface area contributed by atoms with Crippen LogP contribution in [0, 0.1) is 17.8 Å². The summed E-state index contributed by atoms with van der Waals surface area (Å²) < 4.78 is 24.5. The molecular weight excluding hydrogens is 1110 g/mol. The van der Waals surface area contributed by atoms with Crippen molar-refractivity contribution in [3.63, 3.8) is 0 Å². The fourth-order valence-corrected chi connectivity index (χ4v) is 11.3. The second-order valence-corrected chi connectivity index (χ2v) is 23.7. The first-order valence-electron chi connectivity index (χ1n) is 30.1. The molecule has 1 aromatic rings. The SMILES string of the molecule is CNc1ccc(C(=O)CC(O)CCC(C)C2OC(=O)CC(O)CC(=O)CC(O)CC(O)CC(O)CC(O)CC3(O)CC(O)C(C(=O)N4CCN(C)CC4)C(CC(O[C@@H]4O[C@H](C)[C@@H](O)[C@H](N)[C@@H]4O)C=CC=CC=CC=CC=CC=CC=CC2C)O3)cc1. The van der Waals surface area contributed by atoms with Gasteiger partial charge in [-0.2, -0.15) is 0 Å². The van der Waals surface area contributed by atoms with E-state index < -0.39 is 160 Å². The van der Waals surface area contributed by atoms with E-state index in [1.54, 1.807) is 104 Å². The van der Waals surface area contributed by atoms with Gasteiger partial charge in [-0.05, 0) is 76.3 Å². The lowest BCUT2D eigenvalue weighted by molar-refractivity contribution is -0.308. The third-order valence-electron chi connectivity index (χ3n) is 16.2. The molecule has 22 nitrogen and oxygen atoms in total. The highest BCUT2D eigenvalue weighted by atomic mass is 16.7. The number of fused-ring (bicyclic) bond motifs is 2. The minimum atomic E-state index is -2.27. The molecule has 3 saturated heterocycles. The first kappa shape index (κ1) is 71.6. The number of anilines is 1. The lowest BCUT2D eigenvalue weighted by Gasteiger charge is -2.47. The van der Waals surface area contributed by atoms with Gasteiger partial charge in [0.25, 0.3) is 0 Å². The summed E-state index contributed by atoms with van der Waals surface area (Å²) in [7, 11) is 3.69. The van der Waals surface area contributed by atoms with Gasteiger partial charge in [0, 0.05) is 88.9 Å². The molecule has 0 saturated carbocycles. The maximum Gasteiger partial charge on any atom is 0.308 e. The molecule has 1 aromatic carbocycles. The molecule has 3 fully saturated rings. The van der Waals surface area contributed by atoms with Gasteiger partial charge in [-0.25, -0.2) is 0 Å². The third-order valence-corrected chi connectivity index (χ3v) is 16.2. The Morgan fingerprint density at radius 1 is 0.721 bits per heavy atom. The molecule has 13 N–H and O–H groups in total. The highest BCUT2D eigenvalue weighted by molar-refractivity contribution is 5.96. The highest BCUT2D eigenvalue weighted by Crippen LogP contribution is 2.39. The van der Waals surface area contributed by atoms with E-state index in [4.69, 9.17) is 24.7 Å². The van der Waals surface area contributed by atoms with Gasteiger partial charge < -0.3 is 90.9 Å². The van der Waals surface area contributed by atoms with Gasteiger partial charge in [0.15, 0.2) is 17.9 Å². The fraction of sp³-hybridized carbons (Fsp3) is 0.625. The lowest BCUT2D eigenvalue weighted by atomic mass is 9.81. The van der Waals surface area contributed by atoms with Gasteiger partial charge in [-0.15, -0.1) is 0 Å². The number of allylic oxidation sites excluding steroid dienone is 12. The van der Waals surface area contributed by atoms with Crippen LogP contribution in [0.2, 0.25) is 0 Å². The molecule has 2 bridgehead atoms. The lowest BCUT2D eigenvalue weighted by Crippen LogP contribution is -2.62. The topological polar surface area (TPSA) is 352 Å². The van der Waals surface area contributed by atoms with Crippen LogP contribution in [-0.4, -0.2) is 222 Å². The summed E-state index contributed by atoms with van der Waals surface area (Å²) in [6.07, 6.45) is 3.69. The van der Waals surface area contributed by atoms with Crippen LogP contribution in [0.25, 0.3) is 0 Å². The quantitative estimate of drug-likeness (QED) is 0.112. The van der Waals surface area contributed by atoms with Gasteiger partial charge >= 0.3 is 5.97 Å². The number of aliphatic hydroxyl groups excluding tert-OH is 9. The van der Waals surface area contributed by atoms with E-state index in [0.29, 0.717) is 38.2 Å². The second-order valence-electron chi connectivity index (χ2n) is 23.7. The number of benzene rings is 1. The molecular formula is C64H96N4O18. The largest absolute Gasteiger partial charge is 0.461 e. The van der Waals surface area contributed by atoms with Crippen LogP contribution in [0.3, 0.4) is 0 Å². The Morgan fingerprint density at radius 2 is 1.28 bits per heavy atom. The van der Waals surface area contributed by atoms with Crippen LogP contribution in [0.15, 0.2) is 109 Å². The number of carbonyl (C=O) groups is 4. The van der Waals surface area contributed by atoms with Crippen LogP contribution in [0.5, 0.6) is 0 Å². The van der Waals surface area contributed by atoms with Gasteiger partial charge in [0.1, 0.15) is 18.0 Å². The maximum absolute atomic E-state index is 14.4. The number of nitrogens with one attached hydrogen (secondary N) is 1. The Hall–Kier alpha value is -5.12. The van der Waals surface area contributed by atoms with Crippen molar-refractivity contribution in [1.29, 1.82) is 0 Å². The molecule has 14 unspecified atom stereocenters. The summed E-state index contributed by atoms with van der Waals surface area (Å²) in [5.74, 6) is -6.22. The number of esters is 1. The smallest absolute Gasteiger partial charge is 0.308 e. The number of Topliss-reactive ketones (excluding diaryl/α,β-unsaturated/α-hetero) is 2. The van der Waals surface area contributed by atoms with Crippen molar-refractivity contribution in [1.82, 2.24) is 9.80 Å². The van der Waals surface area contributed by atoms with Gasteiger partial charge in [0.2, 0.25) is 5.91 Å². The predicted octanol–water partition coefficient (Wildman–Crippen LogP) is 2.44. The Bertz CT molecular complexity index is 2480. The zero-order valence-corrected chi connectivity index (χ0v) is 50.3. The fourth-order valence-electron chi connectivity index (χ4n) is 11.3. The van der Waals surface area contributed by atoms with E-state index in [-0.39, 0.29) is 49.7 Å². The number of hydrogen-bond acceptors (Lipinski definition) is 21. The molecule has 4 heterocycles. The Morgan fingerprint density at radius 3 is 1.88 bits per heavy atom. The number of carbonyl (C=O) groups excluding carboxylic acids is 4. The van der Waals surface area contributed by atoms with Crippen molar-refractivity contribution in [2.45, 2.75) is 195 Å². The van der Waals surface area contributed by atoms with E-state index in [2.05, 4.69) is 10.2 Å². The van der Waals surface area contributed by atoms with Crippen LogP contribution in [0.4, 0.5) is 5.69 Å². The second kappa shape index (κ2) is 35.8. The number of rotatable bonds is 11. The minimum Gasteiger partial charge on any atom is -0.461 e. The predicted molar refractivity (Wildman–Crippen MR) is 322 cm³/mol. The molecule has 0 aromatic heterocycles. The van der Waals surface area contributed by atoms with Crippen molar-refractivity contribution in [3.05, 3.63) is 115 Å². The summed E-state index contributed by atoms with van der Waals surface area (Å²) in [6.45, 7) is 7.16. The summed E-state index contributed by atoms with van der Waals surface area (Å²) in [4.78, 5) is 57.4. The number of ketones is 2. The zero-order chi connectivity index (χ0) is 63.1. The van der Waals surface area contributed by atoms with Crippen LogP contribution in [-0.2, 0) is 33.3 Å². The van der Waals surface area contributed by atoms with E-state index in [1.165, 1.54) is 0 Å². The molecule has 1 amide bonds. The Labute approximate surface area is 505 Å². The van der Waals surface area contributed by atoms with Crippen molar-refractivity contribution >= 4 is 29.1 Å². The van der Waals surface area contributed by atoms with Gasteiger partial charge in [0.05, 0.1) is 85.5 Å². The van der Waals surface area contributed by atoms with Crippen molar-refractivity contribution in [2.24, 2.45) is 23.5 Å². The highest BCUT2D eigenvalue weighted by Gasteiger charge is 2.52. The number of piperazine rings is 1. The molecule has 4 aliphatic heterocycles. The molecule has 0 radical (unpaired) electrons. The average molecular weight is 1210 g/mol. The number of hydrogen-bond donors (Lipinski definition) is 12. The zero-order valence-electron chi connectivity index (χ0n) is 50.3. The summed E-state index contributed by atoms with van der Waals surface area (Å²) >= 11 is 0. The molecule has 86 heavy (non-hydrogen) atoms. The first-order chi connectivity index (χ1) is 40.8. The van der Waals surface area contributed by atoms with Crippen molar-refractivity contribution in [3.8, 4) is 0 Å². The maximum atomic E-state index is 14.4. The monoisotopic (exact) mass is 1210 g/mol. The number of cyclic esters (lactones) is 1. The molecule has 480 valence electrons. The third kappa shape index (κ3) is 23.8. The Kier molecular flexibility index (Phi) is 29.8. The Balaban J connectivity index is 1.36. The average Bonchev–Trinajstić information content (AvgIpc) is 1.58. The van der Waals surface area contributed by atoms with E-state index in [1.807, 2.05) is 45.2 Å². The van der Waals surface area contributed by atoms with E-state index in [0.717, 1.165) is 5.69 Å². The summed E-state index contributed by atoms with van der Waals surface area (Å²) in [6, 6.07) is 5.79. The molecule has 5 rings (SSSR count). The van der Waals surface area contributed by atoms with Crippen LogP contribution in [0.1, 0.15) is 108 Å². The van der Waals surface area contributed by atoms with Gasteiger partial charge in [-0.3, -0.25) is 19.2 Å². The molecule has 0 spiro atoms. The summed E-state index contributed by atoms with van der Waals surface area (Å²) in [5, 5.41) is 114. The van der Waals surface area contributed by atoms with Crippen molar-refractivity contribution in [2.75, 3.05) is 45.6 Å². The number of likely N-dealkylation sites (N-methyl/N-ethyl adjacent to an activating group) is 1.